The molecule has 1 fully saturated rings. The van der Waals surface area contributed by atoms with Crippen LogP contribution in [0.2, 0.25) is 0 Å². The van der Waals surface area contributed by atoms with Gasteiger partial charge in [-0.2, -0.15) is 0 Å². The Balaban J connectivity index is 2.04. The van der Waals surface area contributed by atoms with Crippen LogP contribution in [0.5, 0.6) is 0 Å². The van der Waals surface area contributed by atoms with Crippen LogP contribution in [0.15, 0.2) is 17.4 Å². The van der Waals surface area contributed by atoms with Crippen molar-refractivity contribution in [3.8, 4) is 0 Å². The lowest BCUT2D eigenvalue weighted by atomic mass is 9.82. The lowest BCUT2D eigenvalue weighted by molar-refractivity contribution is -0.133. The first kappa shape index (κ1) is 13.4. The van der Waals surface area contributed by atoms with E-state index in [1.807, 2.05) is 13.0 Å². The number of rotatable bonds is 4. The minimum absolute atomic E-state index is 0.0324. The van der Waals surface area contributed by atoms with Crippen LogP contribution in [-0.4, -0.2) is 31.4 Å². The van der Waals surface area contributed by atoms with Gasteiger partial charge >= 0.3 is 5.97 Å². The molecule has 1 aliphatic rings. The van der Waals surface area contributed by atoms with Crippen molar-refractivity contribution in [2.45, 2.75) is 37.9 Å². The average molecular weight is 291 g/mol. The smallest absolute Gasteiger partial charge is 0.313 e. The number of carboxylic acid groups (broad SMARTS) is 1. The maximum absolute atomic E-state index is 10.8. The second-order valence-electron chi connectivity index (χ2n) is 5.48. The molecule has 0 saturated heterocycles. The molecule has 6 heteroatoms. The Hall–Kier alpha value is -1.56. The molecule has 0 atom stereocenters. The summed E-state index contributed by atoms with van der Waals surface area (Å²) < 4.78 is 2.13. The summed E-state index contributed by atoms with van der Waals surface area (Å²) in [5.74, 6) is -0.0650. The highest BCUT2D eigenvalue weighted by Crippen LogP contribution is 2.41. The number of aliphatic carboxylic acids is 1. The van der Waals surface area contributed by atoms with Gasteiger partial charge in [-0.05, 0) is 37.3 Å². The molecule has 2 aromatic rings. The van der Waals surface area contributed by atoms with Gasteiger partial charge in [0.05, 0.1) is 5.75 Å². The van der Waals surface area contributed by atoms with Crippen LogP contribution in [-0.2, 0) is 4.79 Å². The minimum Gasteiger partial charge on any atom is -0.481 e. The summed E-state index contributed by atoms with van der Waals surface area (Å²) in [4.78, 5) is 19.9. The molecule has 0 radical (unpaired) electrons. The van der Waals surface area contributed by atoms with E-state index in [1.54, 1.807) is 6.20 Å². The van der Waals surface area contributed by atoms with Gasteiger partial charge in [-0.1, -0.05) is 18.7 Å². The molecule has 106 valence electrons. The highest BCUT2D eigenvalue weighted by Gasteiger charge is 2.31. The molecule has 1 N–H and O–H groups in total. The minimum atomic E-state index is -0.819. The zero-order valence-corrected chi connectivity index (χ0v) is 12.4. The first-order valence-corrected chi connectivity index (χ1v) is 7.73. The van der Waals surface area contributed by atoms with Gasteiger partial charge in [0, 0.05) is 12.2 Å². The van der Waals surface area contributed by atoms with Gasteiger partial charge in [-0.25, -0.2) is 9.97 Å². The summed E-state index contributed by atoms with van der Waals surface area (Å²) in [5, 5.41) is 9.65. The van der Waals surface area contributed by atoms with E-state index in [0.717, 1.165) is 40.6 Å². The van der Waals surface area contributed by atoms with E-state index in [9.17, 15) is 4.79 Å². The van der Waals surface area contributed by atoms with E-state index in [0.29, 0.717) is 6.04 Å². The predicted molar refractivity (Wildman–Crippen MR) is 78.1 cm³/mol. The first-order chi connectivity index (χ1) is 9.56. The zero-order chi connectivity index (χ0) is 14.3. The molecule has 0 amide bonds. The molecule has 5 nitrogen and oxygen atoms in total. The van der Waals surface area contributed by atoms with Gasteiger partial charge in [0.2, 0.25) is 0 Å². The van der Waals surface area contributed by atoms with Crippen LogP contribution in [0, 0.1) is 12.8 Å². The fourth-order valence-corrected chi connectivity index (χ4v) is 3.50. The van der Waals surface area contributed by atoms with E-state index in [1.165, 1.54) is 11.8 Å². The molecule has 2 heterocycles. The van der Waals surface area contributed by atoms with Crippen LogP contribution in [0.3, 0.4) is 0 Å². The molecule has 0 aliphatic heterocycles. The second-order valence-corrected chi connectivity index (χ2v) is 6.42. The number of aromatic nitrogens is 3. The fourth-order valence-electron chi connectivity index (χ4n) is 2.72. The molecule has 0 aromatic carbocycles. The third-order valence-corrected chi connectivity index (χ3v) is 4.72. The number of aryl methyl sites for hydroxylation is 1. The quantitative estimate of drug-likeness (QED) is 0.877. The maximum Gasteiger partial charge on any atom is 0.313 e. The number of fused-ring (bicyclic) bond motifs is 1. The largest absolute Gasteiger partial charge is 0.481 e. The summed E-state index contributed by atoms with van der Waals surface area (Å²) in [6.07, 6.45) is 4.02. The van der Waals surface area contributed by atoms with Crippen molar-refractivity contribution in [1.29, 1.82) is 0 Å². The van der Waals surface area contributed by atoms with Gasteiger partial charge in [0.25, 0.3) is 0 Å². The normalized spacial score (nSPS) is 21.9. The summed E-state index contributed by atoms with van der Waals surface area (Å²) in [5.41, 5.74) is 2.85. The molecular weight excluding hydrogens is 274 g/mol. The summed E-state index contributed by atoms with van der Waals surface area (Å²) in [6, 6.07) is 2.34. The lowest BCUT2D eigenvalue weighted by Crippen LogP contribution is -2.25. The summed E-state index contributed by atoms with van der Waals surface area (Å²) >= 11 is 1.28. The molecule has 0 unspecified atom stereocenters. The molecule has 0 spiro atoms. The Morgan fingerprint density at radius 1 is 1.55 bits per heavy atom. The van der Waals surface area contributed by atoms with Gasteiger partial charge < -0.3 is 9.67 Å². The highest BCUT2D eigenvalue weighted by atomic mass is 32.2. The van der Waals surface area contributed by atoms with E-state index in [4.69, 9.17) is 5.11 Å². The van der Waals surface area contributed by atoms with Crippen molar-refractivity contribution in [2.75, 3.05) is 5.75 Å². The van der Waals surface area contributed by atoms with Crippen LogP contribution < -0.4 is 0 Å². The van der Waals surface area contributed by atoms with Crippen molar-refractivity contribution in [1.82, 2.24) is 14.5 Å². The van der Waals surface area contributed by atoms with Gasteiger partial charge in [-0.3, -0.25) is 4.79 Å². The Labute approximate surface area is 121 Å². The maximum atomic E-state index is 10.8. The number of nitrogens with zero attached hydrogens (tertiary/aromatic N) is 3. The van der Waals surface area contributed by atoms with Crippen LogP contribution in [0.25, 0.3) is 11.2 Å². The zero-order valence-electron chi connectivity index (χ0n) is 11.5. The molecule has 3 rings (SSSR count). The van der Waals surface area contributed by atoms with Gasteiger partial charge in [0.1, 0.15) is 5.52 Å². The molecule has 2 aromatic heterocycles. The number of thioether (sulfide) groups is 1. The number of imidazole rings is 1. The fraction of sp³-hybridized carbons (Fsp3) is 0.500. The van der Waals surface area contributed by atoms with E-state index < -0.39 is 5.97 Å². The third-order valence-electron chi connectivity index (χ3n) is 3.79. The van der Waals surface area contributed by atoms with Gasteiger partial charge in [-0.15, -0.1) is 0 Å². The molecular formula is C14H17N3O2S. The van der Waals surface area contributed by atoms with E-state index in [-0.39, 0.29) is 5.75 Å². The van der Waals surface area contributed by atoms with Crippen molar-refractivity contribution < 1.29 is 9.90 Å². The first-order valence-electron chi connectivity index (χ1n) is 6.74. The number of carbonyl (C=O) groups is 1. The summed E-state index contributed by atoms with van der Waals surface area (Å²) in [6.45, 7) is 4.24. The van der Waals surface area contributed by atoms with Crippen LogP contribution in [0.4, 0.5) is 0 Å². The number of hydrogen-bond donors (Lipinski definition) is 1. The highest BCUT2D eigenvalue weighted by molar-refractivity contribution is 7.99. The Morgan fingerprint density at radius 3 is 2.95 bits per heavy atom. The number of pyridine rings is 1. The monoisotopic (exact) mass is 291 g/mol. The third kappa shape index (κ3) is 2.28. The van der Waals surface area contributed by atoms with Gasteiger partial charge in [0.15, 0.2) is 10.8 Å². The van der Waals surface area contributed by atoms with Crippen LogP contribution >= 0.6 is 11.8 Å². The average Bonchev–Trinajstić information content (AvgIpc) is 2.72. The SMILES string of the molecule is Cc1ccnc2c1nc(SCC(=O)O)n2C1CC(C)C1. The molecule has 0 bridgehead atoms. The van der Waals surface area contributed by atoms with Crippen molar-refractivity contribution >= 4 is 28.9 Å². The van der Waals surface area contributed by atoms with Crippen molar-refractivity contribution in [2.24, 2.45) is 5.92 Å². The predicted octanol–water partition coefficient (Wildman–Crippen LogP) is 2.89. The van der Waals surface area contributed by atoms with Crippen molar-refractivity contribution in [3.63, 3.8) is 0 Å². The second kappa shape index (κ2) is 5.09. The molecule has 20 heavy (non-hydrogen) atoms. The standard InChI is InChI=1S/C14H17N3O2S/c1-8-5-10(6-8)17-13-12(9(2)3-4-15-13)16-14(17)20-7-11(18)19/h3-4,8,10H,5-7H2,1-2H3,(H,18,19). The number of carboxylic acids is 1. The lowest BCUT2D eigenvalue weighted by Gasteiger charge is -2.34. The summed E-state index contributed by atoms with van der Waals surface area (Å²) in [7, 11) is 0. The topological polar surface area (TPSA) is 68.0 Å². The number of hydrogen-bond acceptors (Lipinski definition) is 4. The molecule has 1 saturated carbocycles. The Morgan fingerprint density at radius 2 is 2.30 bits per heavy atom. The van der Waals surface area contributed by atoms with Crippen molar-refractivity contribution in [3.05, 3.63) is 17.8 Å². The van der Waals surface area contributed by atoms with Crippen LogP contribution in [0.1, 0.15) is 31.4 Å². The van der Waals surface area contributed by atoms with E-state index >= 15 is 0 Å². The van der Waals surface area contributed by atoms with E-state index in [2.05, 4.69) is 21.5 Å². The Kier molecular flexibility index (Phi) is 3.41. The Bertz CT molecular complexity index is 662. The molecule has 1 aliphatic carbocycles.